The van der Waals surface area contributed by atoms with Gasteiger partial charge in [0.2, 0.25) is 0 Å². The van der Waals surface area contributed by atoms with E-state index in [-0.39, 0.29) is 6.09 Å². The number of aldehydes is 1. The van der Waals surface area contributed by atoms with Gasteiger partial charge in [0, 0.05) is 32.7 Å². The highest BCUT2D eigenvalue weighted by Gasteiger charge is 2.26. The molecule has 0 unspecified atom stereocenters. The Morgan fingerprint density at radius 1 is 1.24 bits per heavy atom. The van der Waals surface area contributed by atoms with E-state index < -0.39 is 5.60 Å². The van der Waals surface area contributed by atoms with Gasteiger partial charge in [-0.1, -0.05) is 0 Å². The van der Waals surface area contributed by atoms with Crippen LogP contribution in [0.25, 0.3) is 0 Å². The minimum atomic E-state index is -0.432. The van der Waals surface area contributed by atoms with Crippen molar-refractivity contribution >= 4 is 12.4 Å². The van der Waals surface area contributed by atoms with Crippen molar-refractivity contribution in [2.24, 2.45) is 5.92 Å². The minimum absolute atomic E-state index is 0.212. The number of piperidine rings is 1. The number of nitrogens with zero attached hydrogens (tertiary/aromatic N) is 1. The van der Waals surface area contributed by atoms with Gasteiger partial charge in [-0.15, -0.1) is 0 Å². The van der Waals surface area contributed by atoms with Gasteiger partial charge in [0.05, 0.1) is 0 Å². The molecule has 1 amide bonds. The molecule has 5 heteroatoms. The van der Waals surface area contributed by atoms with Crippen molar-refractivity contribution in [1.82, 2.24) is 4.90 Å². The lowest BCUT2D eigenvalue weighted by Crippen LogP contribution is -2.42. The molecule has 1 aliphatic heterocycles. The predicted octanol–water partition coefficient (Wildman–Crippen LogP) is 3.02. The third-order valence-corrected chi connectivity index (χ3v) is 3.48. The van der Waals surface area contributed by atoms with Crippen molar-refractivity contribution in [3.8, 4) is 0 Å². The normalized spacial score (nSPS) is 16.8. The molecule has 21 heavy (non-hydrogen) atoms. The third-order valence-electron chi connectivity index (χ3n) is 3.48. The standard InChI is InChI=1S/C16H29NO4/c1-16(2,3)21-15(19)17-9-7-14(8-10-17)13-20-12-6-4-5-11-18/h11,14H,4-10,12-13H2,1-3H3. The largest absolute Gasteiger partial charge is 0.444 e. The van der Waals surface area contributed by atoms with E-state index in [0.717, 1.165) is 58.3 Å². The monoisotopic (exact) mass is 299 g/mol. The fourth-order valence-electron chi connectivity index (χ4n) is 2.29. The average molecular weight is 299 g/mol. The molecule has 1 rings (SSSR count). The van der Waals surface area contributed by atoms with Crippen LogP contribution >= 0.6 is 0 Å². The first-order chi connectivity index (χ1) is 9.92. The molecule has 0 aliphatic carbocycles. The SMILES string of the molecule is CC(C)(C)OC(=O)N1CCC(COCCCCC=O)CC1. The summed E-state index contributed by atoms with van der Waals surface area (Å²) in [4.78, 5) is 23.9. The van der Waals surface area contributed by atoms with Crippen LogP contribution in [0.2, 0.25) is 0 Å². The lowest BCUT2D eigenvalue weighted by Gasteiger charge is -2.33. The zero-order valence-electron chi connectivity index (χ0n) is 13.6. The highest BCUT2D eigenvalue weighted by atomic mass is 16.6. The predicted molar refractivity (Wildman–Crippen MR) is 81.3 cm³/mol. The van der Waals surface area contributed by atoms with E-state index in [2.05, 4.69) is 0 Å². The Labute approximate surface area is 128 Å². The number of ether oxygens (including phenoxy) is 2. The van der Waals surface area contributed by atoms with Crippen molar-refractivity contribution in [2.75, 3.05) is 26.3 Å². The molecule has 5 nitrogen and oxygen atoms in total. The summed E-state index contributed by atoms with van der Waals surface area (Å²) in [5.74, 6) is 0.523. The van der Waals surface area contributed by atoms with E-state index in [1.54, 1.807) is 4.90 Å². The summed E-state index contributed by atoms with van der Waals surface area (Å²) >= 11 is 0. The Bertz CT molecular complexity index is 317. The molecule has 1 saturated heterocycles. The molecule has 0 aromatic rings. The van der Waals surface area contributed by atoms with Crippen LogP contribution in [0, 0.1) is 5.92 Å². The van der Waals surface area contributed by atoms with Gasteiger partial charge >= 0.3 is 6.09 Å². The molecular weight excluding hydrogens is 270 g/mol. The van der Waals surface area contributed by atoms with Crippen molar-refractivity contribution in [2.45, 2.75) is 58.5 Å². The molecule has 0 aromatic heterocycles. The van der Waals surface area contributed by atoms with Gasteiger partial charge in [-0.3, -0.25) is 0 Å². The average Bonchev–Trinajstić information content (AvgIpc) is 2.41. The van der Waals surface area contributed by atoms with Gasteiger partial charge < -0.3 is 19.2 Å². The summed E-state index contributed by atoms with van der Waals surface area (Å²) in [6.07, 6.45) is 5.14. The van der Waals surface area contributed by atoms with E-state index in [4.69, 9.17) is 9.47 Å². The Balaban J connectivity index is 2.12. The maximum absolute atomic E-state index is 11.9. The van der Waals surface area contributed by atoms with Gasteiger partial charge in [-0.25, -0.2) is 4.79 Å². The molecule has 122 valence electrons. The van der Waals surface area contributed by atoms with Crippen molar-refractivity contribution < 1.29 is 19.1 Å². The molecule has 0 atom stereocenters. The van der Waals surface area contributed by atoms with Crippen LogP contribution in [0.4, 0.5) is 4.79 Å². The van der Waals surface area contributed by atoms with Gasteiger partial charge in [-0.05, 0) is 52.4 Å². The fraction of sp³-hybridized carbons (Fsp3) is 0.875. The second-order valence-corrected chi connectivity index (χ2v) is 6.65. The molecular formula is C16H29NO4. The zero-order chi connectivity index (χ0) is 15.7. The Morgan fingerprint density at radius 3 is 2.48 bits per heavy atom. The van der Waals surface area contributed by atoms with Crippen LogP contribution in [-0.4, -0.2) is 49.2 Å². The van der Waals surface area contributed by atoms with Crippen molar-refractivity contribution in [1.29, 1.82) is 0 Å². The molecule has 1 fully saturated rings. The van der Waals surface area contributed by atoms with E-state index in [9.17, 15) is 9.59 Å². The highest BCUT2D eigenvalue weighted by Crippen LogP contribution is 2.20. The van der Waals surface area contributed by atoms with Crippen LogP contribution in [0.5, 0.6) is 0 Å². The van der Waals surface area contributed by atoms with Crippen LogP contribution in [0.1, 0.15) is 52.9 Å². The van der Waals surface area contributed by atoms with Crippen LogP contribution in [0.3, 0.4) is 0 Å². The topological polar surface area (TPSA) is 55.8 Å². The van der Waals surface area contributed by atoms with Gasteiger partial charge in [0.15, 0.2) is 0 Å². The van der Waals surface area contributed by atoms with Crippen molar-refractivity contribution in [3.63, 3.8) is 0 Å². The third kappa shape index (κ3) is 8.05. The molecule has 1 aliphatic rings. The highest BCUT2D eigenvalue weighted by molar-refractivity contribution is 5.68. The molecule has 0 radical (unpaired) electrons. The maximum Gasteiger partial charge on any atom is 0.410 e. The lowest BCUT2D eigenvalue weighted by molar-refractivity contribution is -0.108. The summed E-state index contributed by atoms with van der Waals surface area (Å²) in [6, 6.07) is 0. The first-order valence-electron chi connectivity index (χ1n) is 7.91. The van der Waals surface area contributed by atoms with E-state index >= 15 is 0 Å². The number of carbonyl (C=O) groups is 2. The molecule has 0 aromatic carbocycles. The smallest absolute Gasteiger partial charge is 0.410 e. The van der Waals surface area contributed by atoms with Crippen LogP contribution in [0.15, 0.2) is 0 Å². The summed E-state index contributed by atoms with van der Waals surface area (Å²) in [7, 11) is 0. The fourth-order valence-corrected chi connectivity index (χ4v) is 2.29. The minimum Gasteiger partial charge on any atom is -0.444 e. The number of unbranched alkanes of at least 4 members (excludes halogenated alkanes) is 2. The summed E-state index contributed by atoms with van der Waals surface area (Å²) in [5, 5.41) is 0. The molecule has 1 heterocycles. The lowest BCUT2D eigenvalue weighted by atomic mass is 9.98. The first kappa shape index (κ1) is 18.0. The van der Waals surface area contributed by atoms with Crippen LogP contribution < -0.4 is 0 Å². The molecule has 0 bridgehead atoms. The number of rotatable bonds is 7. The zero-order valence-corrected chi connectivity index (χ0v) is 13.6. The van der Waals surface area contributed by atoms with Crippen molar-refractivity contribution in [3.05, 3.63) is 0 Å². The van der Waals surface area contributed by atoms with E-state index in [1.165, 1.54) is 0 Å². The van der Waals surface area contributed by atoms with Gasteiger partial charge in [0.1, 0.15) is 11.9 Å². The maximum atomic E-state index is 11.9. The van der Waals surface area contributed by atoms with E-state index in [1.807, 2.05) is 20.8 Å². The van der Waals surface area contributed by atoms with Crippen LogP contribution in [-0.2, 0) is 14.3 Å². The second-order valence-electron chi connectivity index (χ2n) is 6.65. The van der Waals surface area contributed by atoms with E-state index in [0.29, 0.717) is 12.3 Å². The summed E-state index contributed by atoms with van der Waals surface area (Å²) in [5.41, 5.74) is -0.432. The summed E-state index contributed by atoms with van der Waals surface area (Å²) in [6.45, 7) is 8.62. The molecule has 0 N–H and O–H groups in total. The Morgan fingerprint density at radius 2 is 1.90 bits per heavy atom. The molecule has 0 spiro atoms. The first-order valence-corrected chi connectivity index (χ1v) is 7.91. The number of likely N-dealkylation sites (tertiary alicyclic amines) is 1. The van der Waals surface area contributed by atoms with Gasteiger partial charge in [-0.2, -0.15) is 0 Å². The summed E-state index contributed by atoms with van der Waals surface area (Å²) < 4.78 is 11.0. The molecule has 0 saturated carbocycles. The Hall–Kier alpha value is -1.10. The second kappa shape index (κ2) is 9.03. The van der Waals surface area contributed by atoms with Gasteiger partial charge in [0.25, 0.3) is 0 Å². The quantitative estimate of drug-likeness (QED) is 0.535. The number of hydrogen-bond acceptors (Lipinski definition) is 4. The Kier molecular flexibility index (Phi) is 7.72. The number of amides is 1. The number of carbonyl (C=O) groups excluding carboxylic acids is 2. The number of hydrogen-bond donors (Lipinski definition) is 0.